The third-order valence-corrected chi connectivity index (χ3v) is 4.28. The Hall–Kier alpha value is -0.670. The summed E-state index contributed by atoms with van der Waals surface area (Å²) < 4.78 is 17.3. The number of rotatable bonds is 2. The van der Waals surface area contributed by atoms with E-state index in [4.69, 9.17) is 19.5 Å². The van der Waals surface area contributed by atoms with Gasteiger partial charge in [-0.2, -0.15) is 5.26 Å². The second-order valence-electron chi connectivity index (χ2n) is 5.72. The Morgan fingerprint density at radius 1 is 1.50 bits per heavy atom. The fourth-order valence-electron chi connectivity index (χ4n) is 3.34. The van der Waals surface area contributed by atoms with Gasteiger partial charge in [-0.1, -0.05) is 0 Å². The van der Waals surface area contributed by atoms with Gasteiger partial charge in [0.05, 0.1) is 24.9 Å². The molecule has 3 heterocycles. The monoisotopic (exact) mass is 253 g/mol. The Morgan fingerprint density at radius 2 is 2.33 bits per heavy atom. The Bertz CT molecular complexity index is 368. The highest BCUT2D eigenvalue weighted by atomic mass is 16.7. The molecule has 1 spiro atoms. The highest BCUT2D eigenvalue weighted by Gasteiger charge is 2.58. The number of ether oxygens (including phenoxy) is 3. The predicted octanol–water partition coefficient (Wildman–Crippen LogP) is 0.960. The van der Waals surface area contributed by atoms with Crippen molar-refractivity contribution in [1.82, 2.24) is 0 Å². The summed E-state index contributed by atoms with van der Waals surface area (Å²) in [6.45, 7) is 2.31. The Kier molecular flexibility index (Phi) is 3.07. The number of hydrogen-bond acceptors (Lipinski definition) is 5. The summed E-state index contributed by atoms with van der Waals surface area (Å²) in [5, 5.41) is 18.5. The molecule has 0 aromatic heterocycles. The van der Waals surface area contributed by atoms with Crippen LogP contribution in [0.4, 0.5) is 0 Å². The fraction of sp³-hybridized carbons (Fsp3) is 0.923. The van der Waals surface area contributed by atoms with Crippen LogP contribution in [0.25, 0.3) is 0 Å². The molecule has 6 atom stereocenters. The standard InChI is InChI=1S/C13H19NO4/c1-8(6-14)4-9-2-3-11-13(18-9)5-10(17-11)12(15)16-7-13/h8-12,15H,2-5,7H2,1H3/t8-,9-,10-,11?,12?,13-/m1/s1. The first-order chi connectivity index (χ1) is 8.63. The van der Waals surface area contributed by atoms with Crippen molar-refractivity contribution in [3.63, 3.8) is 0 Å². The normalized spacial score (nSPS) is 48.3. The predicted molar refractivity (Wildman–Crippen MR) is 61.5 cm³/mol. The van der Waals surface area contributed by atoms with Gasteiger partial charge in [-0.25, -0.2) is 0 Å². The summed E-state index contributed by atoms with van der Waals surface area (Å²) in [5.41, 5.74) is -0.387. The van der Waals surface area contributed by atoms with Crippen molar-refractivity contribution in [3.8, 4) is 6.07 Å². The van der Waals surface area contributed by atoms with Crippen LogP contribution in [0.15, 0.2) is 0 Å². The molecular weight excluding hydrogens is 234 g/mol. The average molecular weight is 253 g/mol. The summed E-state index contributed by atoms with van der Waals surface area (Å²) in [7, 11) is 0. The Balaban J connectivity index is 1.69. The van der Waals surface area contributed by atoms with Crippen LogP contribution in [-0.4, -0.2) is 41.9 Å². The highest BCUT2D eigenvalue weighted by Crippen LogP contribution is 2.46. The molecule has 3 fully saturated rings. The van der Waals surface area contributed by atoms with E-state index in [1.54, 1.807) is 0 Å². The molecule has 0 aliphatic carbocycles. The van der Waals surface area contributed by atoms with Gasteiger partial charge in [0.2, 0.25) is 0 Å². The van der Waals surface area contributed by atoms with Crippen LogP contribution in [0.1, 0.15) is 32.6 Å². The maximum atomic E-state index is 9.64. The number of nitriles is 1. The summed E-state index contributed by atoms with van der Waals surface area (Å²) in [6, 6.07) is 2.25. The van der Waals surface area contributed by atoms with Crippen LogP contribution < -0.4 is 0 Å². The quantitative estimate of drug-likeness (QED) is 0.793. The molecule has 0 saturated carbocycles. The van der Waals surface area contributed by atoms with Crippen LogP contribution in [0.2, 0.25) is 0 Å². The lowest BCUT2D eigenvalue weighted by Crippen LogP contribution is -2.54. The minimum Gasteiger partial charge on any atom is -0.366 e. The third-order valence-electron chi connectivity index (χ3n) is 4.28. The van der Waals surface area contributed by atoms with Gasteiger partial charge in [0.1, 0.15) is 11.7 Å². The molecule has 0 amide bonds. The zero-order valence-corrected chi connectivity index (χ0v) is 10.5. The van der Waals surface area contributed by atoms with Crippen molar-refractivity contribution in [2.75, 3.05) is 6.61 Å². The van der Waals surface area contributed by atoms with Crippen molar-refractivity contribution in [1.29, 1.82) is 5.26 Å². The van der Waals surface area contributed by atoms with E-state index in [0.29, 0.717) is 13.0 Å². The molecule has 100 valence electrons. The smallest absolute Gasteiger partial charge is 0.181 e. The topological polar surface area (TPSA) is 71.7 Å². The molecule has 3 saturated heterocycles. The number of aliphatic hydroxyl groups excluding tert-OH is 1. The largest absolute Gasteiger partial charge is 0.366 e. The lowest BCUT2D eigenvalue weighted by Gasteiger charge is -2.43. The molecule has 3 rings (SSSR count). The van der Waals surface area contributed by atoms with Crippen LogP contribution in [0.3, 0.4) is 0 Å². The third kappa shape index (κ3) is 1.94. The van der Waals surface area contributed by atoms with Gasteiger partial charge in [-0.05, 0) is 26.2 Å². The molecule has 18 heavy (non-hydrogen) atoms. The molecule has 0 aromatic carbocycles. The van der Waals surface area contributed by atoms with Crippen molar-refractivity contribution in [2.24, 2.45) is 5.92 Å². The van der Waals surface area contributed by atoms with Crippen molar-refractivity contribution in [3.05, 3.63) is 0 Å². The van der Waals surface area contributed by atoms with E-state index in [1.165, 1.54) is 0 Å². The average Bonchev–Trinajstić information content (AvgIpc) is 2.68. The fourth-order valence-corrected chi connectivity index (χ4v) is 3.34. The van der Waals surface area contributed by atoms with Gasteiger partial charge in [-0.3, -0.25) is 0 Å². The first-order valence-electron chi connectivity index (χ1n) is 6.65. The minimum atomic E-state index is -0.818. The van der Waals surface area contributed by atoms with Crippen molar-refractivity contribution in [2.45, 2.75) is 62.8 Å². The molecule has 0 aromatic rings. The van der Waals surface area contributed by atoms with E-state index in [1.807, 2.05) is 6.92 Å². The van der Waals surface area contributed by atoms with Gasteiger partial charge < -0.3 is 19.3 Å². The SMILES string of the molecule is C[C@@H](C#N)C[C@H]1CCC2O[C@@H]3C[C@]2(COC3O)O1. The van der Waals surface area contributed by atoms with E-state index < -0.39 is 6.29 Å². The van der Waals surface area contributed by atoms with Crippen LogP contribution in [-0.2, 0) is 14.2 Å². The molecule has 2 unspecified atom stereocenters. The summed E-state index contributed by atoms with van der Waals surface area (Å²) in [4.78, 5) is 0. The van der Waals surface area contributed by atoms with E-state index in [2.05, 4.69) is 6.07 Å². The van der Waals surface area contributed by atoms with E-state index in [9.17, 15) is 5.11 Å². The molecule has 5 nitrogen and oxygen atoms in total. The number of nitrogens with zero attached hydrogens (tertiary/aromatic N) is 1. The second-order valence-corrected chi connectivity index (χ2v) is 5.72. The lowest BCUT2D eigenvalue weighted by molar-refractivity contribution is -0.223. The maximum Gasteiger partial charge on any atom is 0.181 e. The molecule has 3 aliphatic rings. The molecule has 1 N–H and O–H groups in total. The molecule has 5 heteroatoms. The number of fused-ring (bicyclic) bond motifs is 1. The first kappa shape index (κ1) is 12.4. The van der Waals surface area contributed by atoms with Crippen LogP contribution >= 0.6 is 0 Å². The van der Waals surface area contributed by atoms with Crippen LogP contribution in [0, 0.1) is 17.2 Å². The minimum absolute atomic E-state index is 0.0103. The van der Waals surface area contributed by atoms with Gasteiger partial charge in [-0.15, -0.1) is 0 Å². The van der Waals surface area contributed by atoms with E-state index in [0.717, 1.165) is 19.3 Å². The van der Waals surface area contributed by atoms with Gasteiger partial charge in [0.15, 0.2) is 6.29 Å². The molecular formula is C13H19NO4. The summed E-state index contributed by atoms with van der Waals surface area (Å²) >= 11 is 0. The Labute approximate surface area is 107 Å². The van der Waals surface area contributed by atoms with Crippen molar-refractivity contribution >= 4 is 0 Å². The lowest BCUT2D eigenvalue weighted by atomic mass is 9.84. The molecule has 3 aliphatic heterocycles. The second kappa shape index (κ2) is 4.46. The van der Waals surface area contributed by atoms with Gasteiger partial charge >= 0.3 is 0 Å². The maximum absolute atomic E-state index is 9.64. The summed E-state index contributed by atoms with van der Waals surface area (Å²) in [5.74, 6) is 0.0103. The summed E-state index contributed by atoms with van der Waals surface area (Å²) in [6.07, 6.45) is 2.38. The van der Waals surface area contributed by atoms with E-state index in [-0.39, 0.29) is 29.8 Å². The molecule has 2 bridgehead atoms. The van der Waals surface area contributed by atoms with Gasteiger partial charge in [0.25, 0.3) is 0 Å². The first-order valence-corrected chi connectivity index (χ1v) is 6.65. The van der Waals surface area contributed by atoms with Gasteiger partial charge in [0, 0.05) is 12.3 Å². The Morgan fingerprint density at radius 3 is 3.11 bits per heavy atom. The number of hydrogen-bond donors (Lipinski definition) is 1. The van der Waals surface area contributed by atoms with Crippen LogP contribution in [0.5, 0.6) is 0 Å². The van der Waals surface area contributed by atoms with E-state index >= 15 is 0 Å². The number of aliphatic hydroxyl groups is 1. The van der Waals surface area contributed by atoms with Crippen molar-refractivity contribution < 1.29 is 19.3 Å². The highest BCUT2D eigenvalue weighted by molar-refractivity contribution is 5.04. The molecule has 0 radical (unpaired) electrons. The zero-order chi connectivity index (χ0) is 12.8. The zero-order valence-electron chi connectivity index (χ0n) is 10.5.